The maximum atomic E-state index is 12.8. The highest BCUT2D eigenvalue weighted by Crippen LogP contribution is 2.37. The van der Waals surface area contributed by atoms with Crippen LogP contribution in [0.2, 0.25) is 0 Å². The number of allylic oxidation sites excluding steroid dienone is 1. The Morgan fingerprint density at radius 2 is 1.77 bits per heavy atom. The predicted molar refractivity (Wildman–Crippen MR) is 126 cm³/mol. The van der Waals surface area contributed by atoms with E-state index in [1.54, 1.807) is 67.8 Å². The number of carbonyl (C=O) groups is 2. The van der Waals surface area contributed by atoms with Gasteiger partial charge in [-0.15, -0.1) is 0 Å². The van der Waals surface area contributed by atoms with E-state index in [1.165, 1.54) is 7.11 Å². The summed E-state index contributed by atoms with van der Waals surface area (Å²) in [5, 5.41) is 2.74. The number of fused-ring (bicyclic) bond motifs is 2. The molecule has 0 atom stereocenters. The van der Waals surface area contributed by atoms with Crippen molar-refractivity contribution in [2.24, 2.45) is 0 Å². The predicted octanol–water partition coefficient (Wildman–Crippen LogP) is 4.07. The Balaban J connectivity index is 1.24. The van der Waals surface area contributed by atoms with E-state index in [2.05, 4.69) is 5.32 Å². The van der Waals surface area contributed by atoms with Crippen molar-refractivity contribution < 1.29 is 38.0 Å². The monoisotopic (exact) mass is 475 g/mol. The Kier molecular flexibility index (Phi) is 5.88. The van der Waals surface area contributed by atoms with Gasteiger partial charge < -0.3 is 33.7 Å². The second kappa shape index (κ2) is 9.30. The van der Waals surface area contributed by atoms with Crippen molar-refractivity contribution >= 4 is 23.5 Å². The molecule has 0 spiro atoms. The van der Waals surface area contributed by atoms with Gasteiger partial charge in [-0.1, -0.05) is 0 Å². The molecule has 0 aromatic heterocycles. The summed E-state index contributed by atoms with van der Waals surface area (Å²) in [6, 6.07) is 15.2. The number of methoxy groups -OCH3 is 2. The SMILES string of the molecule is COc1ccc(C=C2Oc3cc(OCC(=O)Nc4ccc5c(c4)OCO5)ccc3C2=O)c(OC)c1. The van der Waals surface area contributed by atoms with Crippen molar-refractivity contribution in [3.8, 4) is 34.5 Å². The van der Waals surface area contributed by atoms with E-state index >= 15 is 0 Å². The summed E-state index contributed by atoms with van der Waals surface area (Å²) in [6.07, 6.45) is 1.61. The highest BCUT2D eigenvalue weighted by atomic mass is 16.7. The molecule has 9 nitrogen and oxygen atoms in total. The van der Waals surface area contributed by atoms with Gasteiger partial charge in [0, 0.05) is 29.4 Å². The van der Waals surface area contributed by atoms with Gasteiger partial charge in [0.2, 0.25) is 12.6 Å². The Labute approximate surface area is 200 Å². The molecule has 0 radical (unpaired) electrons. The minimum Gasteiger partial charge on any atom is -0.497 e. The number of anilines is 1. The molecule has 0 unspecified atom stereocenters. The number of ketones is 1. The van der Waals surface area contributed by atoms with Crippen LogP contribution in [0.5, 0.6) is 34.5 Å². The first kappa shape index (κ1) is 22.1. The third-order valence-electron chi connectivity index (χ3n) is 5.39. The average Bonchev–Trinajstić information content (AvgIpc) is 3.46. The molecular formula is C26H21NO8. The smallest absolute Gasteiger partial charge is 0.262 e. The minimum absolute atomic E-state index is 0.154. The van der Waals surface area contributed by atoms with E-state index < -0.39 is 0 Å². The van der Waals surface area contributed by atoms with Gasteiger partial charge in [-0.25, -0.2) is 0 Å². The van der Waals surface area contributed by atoms with Crippen LogP contribution in [0, 0.1) is 0 Å². The van der Waals surface area contributed by atoms with Gasteiger partial charge in [0.05, 0.1) is 19.8 Å². The Morgan fingerprint density at radius 1 is 0.943 bits per heavy atom. The number of ether oxygens (including phenoxy) is 6. The molecule has 2 aliphatic rings. The molecule has 0 aliphatic carbocycles. The number of amides is 1. The molecule has 3 aromatic rings. The van der Waals surface area contributed by atoms with Gasteiger partial charge >= 0.3 is 0 Å². The third-order valence-corrected chi connectivity index (χ3v) is 5.39. The Morgan fingerprint density at radius 3 is 2.60 bits per heavy atom. The topological polar surface area (TPSA) is 102 Å². The van der Waals surface area contributed by atoms with Crippen molar-refractivity contribution in [3.63, 3.8) is 0 Å². The lowest BCUT2D eigenvalue weighted by atomic mass is 10.1. The van der Waals surface area contributed by atoms with Gasteiger partial charge in [0.1, 0.15) is 23.0 Å². The minimum atomic E-state index is -0.353. The maximum absolute atomic E-state index is 12.8. The molecule has 178 valence electrons. The third kappa shape index (κ3) is 4.56. The molecule has 35 heavy (non-hydrogen) atoms. The Bertz CT molecular complexity index is 1350. The number of hydrogen-bond acceptors (Lipinski definition) is 8. The van der Waals surface area contributed by atoms with E-state index in [1.807, 2.05) is 0 Å². The standard InChI is InChI=1S/C26H21NO8/c1-30-17-5-3-15(21(11-17)31-2)9-24-26(29)19-7-6-18(12-22(19)35-24)32-13-25(28)27-16-4-8-20-23(10-16)34-14-33-20/h3-12H,13-14H2,1-2H3,(H,27,28). The lowest BCUT2D eigenvalue weighted by Gasteiger charge is -2.09. The summed E-state index contributed by atoms with van der Waals surface area (Å²) in [5.41, 5.74) is 1.64. The van der Waals surface area contributed by atoms with Crippen LogP contribution < -0.4 is 33.7 Å². The summed E-state index contributed by atoms with van der Waals surface area (Å²) >= 11 is 0. The van der Waals surface area contributed by atoms with Gasteiger partial charge in [-0.2, -0.15) is 0 Å². The second-order valence-electron chi connectivity index (χ2n) is 7.61. The number of benzene rings is 3. The van der Waals surface area contributed by atoms with Gasteiger partial charge in [0.15, 0.2) is 23.9 Å². The van der Waals surface area contributed by atoms with E-state index in [9.17, 15) is 9.59 Å². The number of nitrogens with one attached hydrogen (secondary N) is 1. The second-order valence-corrected chi connectivity index (χ2v) is 7.61. The molecule has 1 amide bonds. The van der Waals surface area contributed by atoms with Crippen molar-refractivity contribution in [2.45, 2.75) is 0 Å². The zero-order chi connectivity index (χ0) is 24.4. The van der Waals surface area contributed by atoms with Crippen LogP contribution in [0.4, 0.5) is 5.69 Å². The molecule has 0 saturated carbocycles. The molecular weight excluding hydrogens is 454 g/mol. The zero-order valence-electron chi connectivity index (χ0n) is 19.0. The van der Waals surface area contributed by atoms with Crippen molar-refractivity contribution in [1.29, 1.82) is 0 Å². The number of hydrogen-bond donors (Lipinski definition) is 1. The van der Waals surface area contributed by atoms with E-state index in [0.717, 1.165) is 0 Å². The molecule has 1 N–H and O–H groups in total. The lowest BCUT2D eigenvalue weighted by Crippen LogP contribution is -2.20. The van der Waals surface area contributed by atoms with E-state index in [-0.39, 0.29) is 30.8 Å². The fourth-order valence-corrected chi connectivity index (χ4v) is 3.66. The van der Waals surface area contributed by atoms with Crippen LogP contribution in [0.25, 0.3) is 6.08 Å². The summed E-state index contributed by atoms with van der Waals surface area (Å²) in [6.45, 7) is -0.0732. The number of rotatable bonds is 7. The first-order chi connectivity index (χ1) is 17.0. The van der Waals surface area contributed by atoms with Crippen molar-refractivity contribution in [3.05, 3.63) is 71.5 Å². The van der Waals surface area contributed by atoms with E-state index in [0.29, 0.717) is 51.3 Å². The molecule has 0 bridgehead atoms. The van der Waals surface area contributed by atoms with Gasteiger partial charge in [-0.3, -0.25) is 9.59 Å². The van der Waals surface area contributed by atoms with Crippen LogP contribution in [-0.4, -0.2) is 39.3 Å². The zero-order valence-corrected chi connectivity index (χ0v) is 19.0. The molecule has 0 fully saturated rings. The first-order valence-electron chi connectivity index (χ1n) is 10.7. The molecule has 9 heteroatoms. The molecule has 0 saturated heterocycles. The van der Waals surface area contributed by atoms with Crippen LogP contribution in [0.15, 0.2) is 60.4 Å². The first-order valence-corrected chi connectivity index (χ1v) is 10.7. The van der Waals surface area contributed by atoms with Gasteiger partial charge in [0.25, 0.3) is 5.91 Å². The normalized spacial score (nSPS) is 14.3. The largest absolute Gasteiger partial charge is 0.497 e. The van der Waals surface area contributed by atoms with Crippen LogP contribution in [-0.2, 0) is 4.79 Å². The average molecular weight is 475 g/mol. The summed E-state index contributed by atoms with van der Waals surface area (Å²) in [7, 11) is 3.10. The van der Waals surface area contributed by atoms with Crippen LogP contribution in [0.3, 0.4) is 0 Å². The van der Waals surface area contributed by atoms with E-state index in [4.69, 9.17) is 28.4 Å². The number of Topliss-reactive ketones (excluding diaryl/α,β-unsaturated/α-hetero) is 1. The number of carbonyl (C=O) groups excluding carboxylic acids is 2. The quantitative estimate of drug-likeness (QED) is 0.511. The van der Waals surface area contributed by atoms with Crippen LogP contribution >= 0.6 is 0 Å². The maximum Gasteiger partial charge on any atom is 0.262 e. The highest BCUT2D eigenvalue weighted by Gasteiger charge is 2.28. The van der Waals surface area contributed by atoms with Crippen molar-refractivity contribution in [2.75, 3.05) is 32.9 Å². The van der Waals surface area contributed by atoms with Gasteiger partial charge in [-0.05, 0) is 42.5 Å². The molecule has 3 aromatic carbocycles. The summed E-state index contributed by atoms with van der Waals surface area (Å²) < 4.78 is 32.5. The lowest BCUT2D eigenvalue weighted by molar-refractivity contribution is -0.118. The van der Waals surface area contributed by atoms with Crippen LogP contribution in [0.1, 0.15) is 15.9 Å². The molecule has 5 rings (SSSR count). The summed E-state index contributed by atoms with van der Waals surface area (Å²) in [4.78, 5) is 25.1. The Hall–Kier alpha value is -4.66. The molecule has 2 aliphatic heterocycles. The molecule has 2 heterocycles. The highest BCUT2D eigenvalue weighted by molar-refractivity contribution is 6.14. The fourth-order valence-electron chi connectivity index (χ4n) is 3.66. The van der Waals surface area contributed by atoms with Crippen molar-refractivity contribution in [1.82, 2.24) is 0 Å². The fraction of sp³-hybridized carbons (Fsp3) is 0.154. The summed E-state index contributed by atoms with van der Waals surface area (Å²) in [5.74, 6) is 2.66.